The van der Waals surface area contributed by atoms with Gasteiger partial charge in [0.25, 0.3) is 0 Å². The highest BCUT2D eigenvalue weighted by Crippen LogP contribution is 2.08. The van der Waals surface area contributed by atoms with E-state index in [1.165, 1.54) is 0 Å². The largest absolute Gasteiger partial charge is 0.383 e. The summed E-state index contributed by atoms with van der Waals surface area (Å²) in [5, 5.41) is 3.60. The maximum atomic E-state index is 5.22. The molecule has 0 heterocycles. The van der Waals surface area contributed by atoms with Gasteiger partial charge in [-0.1, -0.05) is 27.7 Å². The Morgan fingerprint density at radius 1 is 0.800 bits per heavy atom. The smallest absolute Gasteiger partial charge is 0.0618 e. The van der Waals surface area contributed by atoms with Gasteiger partial charge in [-0.25, -0.2) is 0 Å². The zero-order valence-electron chi connectivity index (χ0n) is 11.0. The number of nitrogens with one attached hydrogen (secondary N) is 1. The first kappa shape index (κ1) is 14.9. The molecule has 0 radical (unpaired) electrons. The van der Waals surface area contributed by atoms with Crippen LogP contribution in [0.4, 0.5) is 0 Å². The van der Waals surface area contributed by atoms with Crippen molar-refractivity contribution in [1.29, 1.82) is 0 Å². The lowest BCUT2D eigenvalue weighted by Gasteiger charge is -2.29. The molecule has 0 saturated heterocycles. The zero-order chi connectivity index (χ0) is 11.8. The van der Waals surface area contributed by atoms with Crippen LogP contribution in [0.3, 0.4) is 0 Å². The fraction of sp³-hybridized carbons (Fsp3) is 1.00. The van der Waals surface area contributed by atoms with Crippen LogP contribution in [0.1, 0.15) is 27.7 Å². The first-order chi connectivity index (χ1) is 7.02. The van der Waals surface area contributed by atoms with Gasteiger partial charge in [-0.3, -0.25) is 0 Å². The van der Waals surface area contributed by atoms with Crippen molar-refractivity contribution >= 4 is 0 Å². The second kappa shape index (κ2) is 8.08. The third-order valence-corrected chi connectivity index (χ3v) is 2.73. The molecule has 2 atom stereocenters. The number of ether oxygens (including phenoxy) is 2. The maximum Gasteiger partial charge on any atom is 0.0618 e. The monoisotopic (exact) mass is 217 g/mol. The molecule has 0 amide bonds. The van der Waals surface area contributed by atoms with E-state index in [2.05, 4.69) is 33.0 Å². The Bertz CT molecular complexity index is 133. The van der Waals surface area contributed by atoms with E-state index in [0.717, 1.165) is 13.2 Å². The third kappa shape index (κ3) is 6.13. The summed E-state index contributed by atoms with van der Waals surface area (Å²) < 4.78 is 10.4. The van der Waals surface area contributed by atoms with Crippen LogP contribution in [0.15, 0.2) is 0 Å². The standard InChI is InChI=1S/C12H27NO2/c1-9(2)11(7-14-5)13-12(8-15-6)10(3)4/h9-13H,7-8H2,1-6H3. The van der Waals surface area contributed by atoms with Gasteiger partial charge < -0.3 is 14.8 Å². The Kier molecular flexibility index (Phi) is 8.02. The van der Waals surface area contributed by atoms with Gasteiger partial charge in [0, 0.05) is 26.3 Å². The quantitative estimate of drug-likeness (QED) is 0.674. The van der Waals surface area contributed by atoms with Crippen LogP contribution in [0, 0.1) is 11.8 Å². The molecular weight excluding hydrogens is 190 g/mol. The molecule has 0 rings (SSSR count). The first-order valence-electron chi connectivity index (χ1n) is 5.76. The van der Waals surface area contributed by atoms with Crippen molar-refractivity contribution < 1.29 is 9.47 Å². The second-order valence-corrected chi connectivity index (χ2v) is 4.78. The van der Waals surface area contributed by atoms with Crippen LogP contribution < -0.4 is 5.32 Å². The topological polar surface area (TPSA) is 30.5 Å². The highest BCUT2D eigenvalue weighted by molar-refractivity contribution is 4.78. The minimum Gasteiger partial charge on any atom is -0.383 e. The molecule has 0 aromatic carbocycles. The highest BCUT2D eigenvalue weighted by atomic mass is 16.5. The van der Waals surface area contributed by atoms with Crippen LogP contribution in [0.2, 0.25) is 0 Å². The molecule has 0 spiro atoms. The average molecular weight is 217 g/mol. The molecule has 15 heavy (non-hydrogen) atoms. The van der Waals surface area contributed by atoms with E-state index in [1.54, 1.807) is 14.2 Å². The van der Waals surface area contributed by atoms with Gasteiger partial charge in [0.2, 0.25) is 0 Å². The molecular formula is C12H27NO2. The zero-order valence-corrected chi connectivity index (χ0v) is 11.0. The molecule has 0 aliphatic heterocycles. The number of methoxy groups -OCH3 is 2. The van der Waals surface area contributed by atoms with E-state index in [0.29, 0.717) is 23.9 Å². The normalized spacial score (nSPS) is 16.0. The Labute approximate surface area is 94.5 Å². The van der Waals surface area contributed by atoms with Crippen LogP contribution in [-0.4, -0.2) is 39.5 Å². The number of hydrogen-bond acceptors (Lipinski definition) is 3. The Morgan fingerprint density at radius 2 is 1.13 bits per heavy atom. The Hall–Kier alpha value is -0.120. The molecule has 92 valence electrons. The van der Waals surface area contributed by atoms with Crippen molar-refractivity contribution in [2.75, 3.05) is 27.4 Å². The molecule has 0 fully saturated rings. The van der Waals surface area contributed by atoms with Crippen LogP contribution in [0.25, 0.3) is 0 Å². The molecule has 0 bridgehead atoms. The first-order valence-corrected chi connectivity index (χ1v) is 5.76. The Morgan fingerprint density at radius 3 is 1.33 bits per heavy atom. The second-order valence-electron chi connectivity index (χ2n) is 4.78. The van der Waals surface area contributed by atoms with Crippen molar-refractivity contribution in [2.45, 2.75) is 39.8 Å². The van der Waals surface area contributed by atoms with E-state index in [4.69, 9.17) is 9.47 Å². The lowest BCUT2D eigenvalue weighted by atomic mass is 9.99. The molecule has 0 aliphatic rings. The van der Waals surface area contributed by atoms with Crippen LogP contribution in [0.5, 0.6) is 0 Å². The number of hydrogen-bond donors (Lipinski definition) is 1. The molecule has 0 aliphatic carbocycles. The molecule has 3 heteroatoms. The summed E-state index contributed by atoms with van der Waals surface area (Å²) in [6.45, 7) is 10.3. The van der Waals surface area contributed by atoms with Crippen molar-refractivity contribution in [3.8, 4) is 0 Å². The van der Waals surface area contributed by atoms with Gasteiger partial charge in [-0.15, -0.1) is 0 Å². The van der Waals surface area contributed by atoms with Crippen LogP contribution >= 0.6 is 0 Å². The summed E-state index contributed by atoms with van der Waals surface area (Å²) >= 11 is 0. The van der Waals surface area contributed by atoms with E-state index >= 15 is 0 Å². The number of rotatable bonds is 8. The van der Waals surface area contributed by atoms with Gasteiger partial charge in [0.1, 0.15) is 0 Å². The summed E-state index contributed by atoms with van der Waals surface area (Å²) in [5.41, 5.74) is 0. The predicted molar refractivity (Wildman–Crippen MR) is 64.1 cm³/mol. The van der Waals surface area contributed by atoms with Crippen LogP contribution in [-0.2, 0) is 9.47 Å². The summed E-state index contributed by atoms with van der Waals surface area (Å²) in [4.78, 5) is 0. The third-order valence-electron chi connectivity index (χ3n) is 2.73. The van der Waals surface area contributed by atoms with Gasteiger partial charge in [-0.2, -0.15) is 0 Å². The van der Waals surface area contributed by atoms with E-state index in [-0.39, 0.29) is 0 Å². The summed E-state index contributed by atoms with van der Waals surface area (Å²) in [6, 6.07) is 0.801. The molecule has 0 aromatic rings. The predicted octanol–water partition coefficient (Wildman–Crippen LogP) is 1.92. The fourth-order valence-electron chi connectivity index (χ4n) is 1.50. The fourth-order valence-corrected chi connectivity index (χ4v) is 1.50. The van der Waals surface area contributed by atoms with E-state index < -0.39 is 0 Å². The molecule has 2 unspecified atom stereocenters. The average Bonchev–Trinajstić information content (AvgIpc) is 2.15. The van der Waals surface area contributed by atoms with E-state index in [9.17, 15) is 0 Å². The van der Waals surface area contributed by atoms with Gasteiger partial charge in [0.05, 0.1) is 13.2 Å². The molecule has 0 saturated carbocycles. The van der Waals surface area contributed by atoms with Crippen molar-refractivity contribution in [3.05, 3.63) is 0 Å². The maximum absolute atomic E-state index is 5.22. The summed E-state index contributed by atoms with van der Waals surface area (Å²) in [5.74, 6) is 1.14. The summed E-state index contributed by atoms with van der Waals surface area (Å²) in [6.07, 6.45) is 0. The lowest BCUT2D eigenvalue weighted by Crippen LogP contribution is -2.48. The Balaban J connectivity index is 4.19. The van der Waals surface area contributed by atoms with Crippen molar-refractivity contribution in [3.63, 3.8) is 0 Å². The highest BCUT2D eigenvalue weighted by Gasteiger charge is 2.20. The summed E-state index contributed by atoms with van der Waals surface area (Å²) in [7, 11) is 3.50. The lowest BCUT2D eigenvalue weighted by molar-refractivity contribution is 0.102. The van der Waals surface area contributed by atoms with Crippen molar-refractivity contribution in [1.82, 2.24) is 5.32 Å². The molecule has 0 aromatic heterocycles. The SMILES string of the molecule is COCC(NC(COC)C(C)C)C(C)C. The van der Waals surface area contributed by atoms with E-state index in [1.807, 2.05) is 0 Å². The molecule has 1 N–H and O–H groups in total. The van der Waals surface area contributed by atoms with Gasteiger partial charge in [0.15, 0.2) is 0 Å². The molecule has 3 nitrogen and oxygen atoms in total. The van der Waals surface area contributed by atoms with Gasteiger partial charge >= 0.3 is 0 Å². The van der Waals surface area contributed by atoms with Crippen molar-refractivity contribution in [2.24, 2.45) is 11.8 Å². The van der Waals surface area contributed by atoms with Gasteiger partial charge in [-0.05, 0) is 11.8 Å². The minimum atomic E-state index is 0.401. The minimum absolute atomic E-state index is 0.401.